The first-order chi connectivity index (χ1) is 10.7. The zero-order valence-electron chi connectivity index (χ0n) is 12.3. The number of rotatable bonds is 7. The topological polar surface area (TPSA) is 71.4 Å². The monoisotopic (exact) mass is 334 g/mol. The molecule has 1 N–H and O–H groups in total. The van der Waals surface area contributed by atoms with Crippen LogP contribution in [-0.4, -0.2) is 19.1 Å². The summed E-state index contributed by atoms with van der Waals surface area (Å²) in [5.74, 6) is -1.38. The average molecular weight is 334 g/mol. The average Bonchev–Trinajstić information content (AvgIpc) is 2.44. The Hall–Kier alpha value is -2.50. The van der Waals surface area contributed by atoms with Crippen LogP contribution < -0.4 is 14.8 Å². The van der Waals surface area contributed by atoms with Gasteiger partial charge in [0.25, 0.3) is 0 Å². The van der Waals surface area contributed by atoms with Crippen LogP contribution in [0, 0.1) is 16.7 Å². The summed E-state index contributed by atoms with van der Waals surface area (Å²) in [4.78, 5) is 11.8. The van der Waals surface area contributed by atoms with Crippen molar-refractivity contribution in [3.63, 3.8) is 0 Å². The lowest BCUT2D eigenvalue weighted by molar-refractivity contribution is -0.126. The summed E-state index contributed by atoms with van der Waals surface area (Å²) < 4.78 is 57.4. The lowest BCUT2D eigenvalue weighted by atomic mass is 9.94. The smallest absolute Gasteiger partial charge is 0.387 e. The molecule has 0 heterocycles. The van der Waals surface area contributed by atoms with Crippen LogP contribution in [0.4, 0.5) is 17.6 Å². The Labute approximate surface area is 129 Å². The van der Waals surface area contributed by atoms with Crippen molar-refractivity contribution < 1.29 is 31.8 Å². The number of carbonyl (C=O) groups is 1. The second-order valence-electron chi connectivity index (χ2n) is 4.95. The maximum atomic E-state index is 12.4. The van der Waals surface area contributed by atoms with Crippen molar-refractivity contribution >= 4 is 5.91 Å². The number of amides is 1. The number of ether oxygens (including phenoxy) is 2. The second-order valence-corrected chi connectivity index (χ2v) is 4.95. The third-order valence-corrected chi connectivity index (χ3v) is 2.77. The van der Waals surface area contributed by atoms with Gasteiger partial charge in [0.05, 0.1) is 6.07 Å². The summed E-state index contributed by atoms with van der Waals surface area (Å²) in [6, 6.07) is 4.99. The zero-order valence-corrected chi connectivity index (χ0v) is 12.3. The molecule has 0 radical (unpaired) electrons. The minimum atomic E-state index is -3.18. The van der Waals surface area contributed by atoms with E-state index in [1.807, 2.05) is 0 Å². The Morgan fingerprint density at radius 2 is 1.87 bits per heavy atom. The van der Waals surface area contributed by atoms with E-state index in [1.165, 1.54) is 19.9 Å². The van der Waals surface area contributed by atoms with Crippen LogP contribution in [0.15, 0.2) is 18.2 Å². The summed E-state index contributed by atoms with van der Waals surface area (Å²) in [6.45, 7) is -3.74. The van der Waals surface area contributed by atoms with Crippen molar-refractivity contribution in [2.45, 2.75) is 33.6 Å². The lowest BCUT2D eigenvalue weighted by Crippen LogP contribution is -2.35. The van der Waals surface area contributed by atoms with Gasteiger partial charge in [0, 0.05) is 18.2 Å². The van der Waals surface area contributed by atoms with Gasteiger partial charge >= 0.3 is 13.2 Å². The van der Waals surface area contributed by atoms with E-state index < -0.39 is 30.3 Å². The molecule has 9 heteroatoms. The van der Waals surface area contributed by atoms with Crippen molar-refractivity contribution in [2.75, 3.05) is 0 Å². The van der Waals surface area contributed by atoms with Gasteiger partial charge in [-0.15, -0.1) is 0 Å². The Bertz CT molecular complexity index is 600. The highest BCUT2D eigenvalue weighted by molar-refractivity contribution is 5.84. The molecule has 0 spiro atoms. The molecule has 0 aliphatic rings. The van der Waals surface area contributed by atoms with Gasteiger partial charge in [-0.3, -0.25) is 4.79 Å². The maximum Gasteiger partial charge on any atom is 0.387 e. The number of nitrogens with one attached hydrogen (secondary N) is 1. The minimum Gasteiger partial charge on any atom is -0.435 e. The Morgan fingerprint density at radius 3 is 2.39 bits per heavy atom. The maximum absolute atomic E-state index is 12.4. The first kappa shape index (κ1) is 18.5. The van der Waals surface area contributed by atoms with Crippen LogP contribution in [0.5, 0.6) is 11.5 Å². The Balaban J connectivity index is 2.92. The van der Waals surface area contributed by atoms with E-state index in [0.717, 1.165) is 12.1 Å². The van der Waals surface area contributed by atoms with Crippen molar-refractivity contribution in [3.05, 3.63) is 23.8 Å². The molecule has 0 saturated carbocycles. The van der Waals surface area contributed by atoms with E-state index in [0.29, 0.717) is 0 Å². The van der Waals surface area contributed by atoms with Gasteiger partial charge in [0.1, 0.15) is 16.9 Å². The van der Waals surface area contributed by atoms with Gasteiger partial charge in [0.15, 0.2) is 0 Å². The largest absolute Gasteiger partial charge is 0.435 e. The Morgan fingerprint density at radius 1 is 1.26 bits per heavy atom. The molecule has 1 aromatic rings. The molecule has 0 atom stereocenters. The van der Waals surface area contributed by atoms with Crippen molar-refractivity contribution in [2.24, 2.45) is 5.41 Å². The normalized spacial score (nSPS) is 11.3. The molecule has 1 aromatic carbocycles. The van der Waals surface area contributed by atoms with Crippen molar-refractivity contribution in [3.8, 4) is 17.6 Å². The highest BCUT2D eigenvalue weighted by Crippen LogP contribution is 2.27. The van der Waals surface area contributed by atoms with E-state index in [4.69, 9.17) is 5.26 Å². The molecule has 5 nitrogen and oxygen atoms in total. The summed E-state index contributed by atoms with van der Waals surface area (Å²) in [5.41, 5.74) is -1.18. The highest BCUT2D eigenvalue weighted by Gasteiger charge is 2.27. The molecule has 0 bridgehead atoms. The molecule has 1 amide bonds. The fourth-order valence-corrected chi connectivity index (χ4v) is 1.51. The molecule has 0 fully saturated rings. The molecule has 0 aliphatic carbocycles. The molecule has 0 aliphatic heterocycles. The number of benzene rings is 1. The highest BCUT2D eigenvalue weighted by atomic mass is 19.3. The third-order valence-electron chi connectivity index (χ3n) is 2.77. The first-order valence-corrected chi connectivity index (χ1v) is 6.38. The molecular formula is C14H14F4N2O3. The van der Waals surface area contributed by atoms with Crippen LogP contribution in [0.2, 0.25) is 0 Å². The van der Waals surface area contributed by atoms with Crippen LogP contribution in [0.25, 0.3) is 0 Å². The summed E-state index contributed by atoms with van der Waals surface area (Å²) >= 11 is 0. The van der Waals surface area contributed by atoms with E-state index in [2.05, 4.69) is 14.8 Å². The predicted molar refractivity (Wildman–Crippen MR) is 70.9 cm³/mol. The number of nitrogens with zero attached hydrogens (tertiary/aromatic N) is 1. The molecule has 1 rings (SSSR count). The fourth-order valence-electron chi connectivity index (χ4n) is 1.51. The number of hydrogen-bond donors (Lipinski definition) is 1. The van der Waals surface area contributed by atoms with Crippen LogP contribution >= 0.6 is 0 Å². The van der Waals surface area contributed by atoms with Crippen molar-refractivity contribution in [1.82, 2.24) is 5.32 Å². The quantitative estimate of drug-likeness (QED) is 0.778. The molecular weight excluding hydrogens is 320 g/mol. The predicted octanol–water partition coefficient (Wildman–Crippen LogP) is 3.06. The second kappa shape index (κ2) is 7.67. The standard InChI is InChI=1S/C14H14F4N2O3/c1-14(2,7-19)11(21)20-6-8-3-4-9(22-12(15)16)5-10(8)23-13(17)18/h3-5,12-13H,6H2,1-2H3,(H,20,21). The van der Waals surface area contributed by atoms with Gasteiger partial charge in [-0.05, 0) is 26.0 Å². The van der Waals surface area contributed by atoms with Crippen molar-refractivity contribution in [1.29, 1.82) is 5.26 Å². The van der Waals surface area contributed by atoms with Crippen LogP contribution in [0.3, 0.4) is 0 Å². The summed E-state index contributed by atoms with van der Waals surface area (Å²) in [7, 11) is 0. The van der Waals surface area contributed by atoms with E-state index in [-0.39, 0.29) is 17.9 Å². The first-order valence-electron chi connectivity index (χ1n) is 6.38. The van der Waals surface area contributed by atoms with Gasteiger partial charge in [-0.2, -0.15) is 22.8 Å². The minimum absolute atomic E-state index is 0.119. The van der Waals surface area contributed by atoms with Gasteiger partial charge in [0.2, 0.25) is 5.91 Å². The summed E-state index contributed by atoms with van der Waals surface area (Å²) in [6.07, 6.45) is 0. The zero-order chi connectivity index (χ0) is 17.6. The fraction of sp³-hybridized carbons (Fsp3) is 0.429. The van der Waals surface area contributed by atoms with Crippen LogP contribution in [-0.2, 0) is 11.3 Å². The molecule has 23 heavy (non-hydrogen) atoms. The number of carbonyl (C=O) groups excluding carboxylic acids is 1. The molecule has 0 unspecified atom stereocenters. The SMILES string of the molecule is CC(C)(C#N)C(=O)NCc1ccc(OC(F)F)cc1OC(F)F. The number of alkyl halides is 4. The molecule has 0 saturated heterocycles. The van der Waals surface area contributed by atoms with Gasteiger partial charge in [-0.25, -0.2) is 0 Å². The lowest BCUT2D eigenvalue weighted by Gasteiger charge is -2.17. The van der Waals surface area contributed by atoms with Crippen LogP contribution in [0.1, 0.15) is 19.4 Å². The molecule has 126 valence electrons. The third kappa shape index (κ3) is 5.65. The van der Waals surface area contributed by atoms with Gasteiger partial charge in [-0.1, -0.05) is 0 Å². The number of nitriles is 1. The number of hydrogen-bond acceptors (Lipinski definition) is 4. The Kier molecular flexibility index (Phi) is 6.18. The molecule has 0 aromatic heterocycles. The van der Waals surface area contributed by atoms with E-state index in [1.54, 1.807) is 6.07 Å². The number of halogens is 4. The van der Waals surface area contributed by atoms with Gasteiger partial charge < -0.3 is 14.8 Å². The summed E-state index contributed by atoms with van der Waals surface area (Å²) in [5, 5.41) is 11.2. The van der Waals surface area contributed by atoms with E-state index in [9.17, 15) is 22.4 Å². The van der Waals surface area contributed by atoms with E-state index >= 15 is 0 Å².